The number of halogens is 2. The van der Waals surface area contributed by atoms with Gasteiger partial charge in [-0.15, -0.1) is 0 Å². The van der Waals surface area contributed by atoms with Crippen LogP contribution in [-0.2, 0) is 0 Å². The Morgan fingerprint density at radius 3 is 2.62 bits per heavy atom. The zero-order valence-electron chi connectivity index (χ0n) is 9.05. The van der Waals surface area contributed by atoms with Gasteiger partial charge >= 0.3 is 0 Å². The van der Waals surface area contributed by atoms with E-state index in [-0.39, 0.29) is 0 Å². The van der Waals surface area contributed by atoms with Crippen molar-refractivity contribution in [1.29, 1.82) is 0 Å². The fraction of sp³-hybridized carbons (Fsp3) is 0.385. The van der Waals surface area contributed by atoms with Crippen molar-refractivity contribution in [1.82, 2.24) is 0 Å². The quantitative estimate of drug-likeness (QED) is 0.763. The van der Waals surface area contributed by atoms with Gasteiger partial charge in [0, 0.05) is 11.6 Å². The molecule has 0 heterocycles. The van der Waals surface area contributed by atoms with Crippen LogP contribution in [0.2, 0.25) is 0 Å². The maximum Gasteiger partial charge on any atom is 0.131 e. The Morgan fingerprint density at radius 1 is 1.19 bits per heavy atom. The van der Waals surface area contributed by atoms with Crippen LogP contribution in [0.4, 0.5) is 8.78 Å². The van der Waals surface area contributed by atoms with E-state index in [9.17, 15) is 8.78 Å². The molecule has 0 amide bonds. The van der Waals surface area contributed by atoms with Gasteiger partial charge in [-0.25, -0.2) is 8.78 Å². The lowest BCUT2D eigenvalue weighted by molar-refractivity contribution is 0.557. The molecular formula is C13H15F2N. The largest absolute Gasteiger partial charge is 0.320 e. The Bertz CT molecular complexity index is 412. The molecule has 0 fully saturated rings. The molecule has 0 aromatic heterocycles. The molecule has 1 aromatic carbocycles. The maximum absolute atomic E-state index is 13.5. The van der Waals surface area contributed by atoms with Crippen LogP contribution in [0.25, 0.3) is 0 Å². The first-order valence-electron chi connectivity index (χ1n) is 5.58. The van der Waals surface area contributed by atoms with Gasteiger partial charge in [-0.1, -0.05) is 17.7 Å². The van der Waals surface area contributed by atoms with Crippen LogP contribution in [-0.4, -0.2) is 0 Å². The summed E-state index contributed by atoms with van der Waals surface area (Å²) in [7, 11) is 0. The zero-order valence-corrected chi connectivity index (χ0v) is 9.05. The average molecular weight is 223 g/mol. The summed E-state index contributed by atoms with van der Waals surface area (Å²) in [5.41, 5.74) is 7.44. The van der Waals surface area contributed by atoms with Crippen molar-refractivity contribution < 1.29 is 8.78 Å². The maximum atomic E-state index is 13.5. The number of benzene rings is 1. The van der Waals surface area contributed by atoms with Gasteiger partial charge in [-0.05, 0) is 31.7 Å². The molecule has 1 aromatic rings. The molecule has 2 rings (SSSR count). The van der Waals surface area contributed by atoms with Crippen molar-refractivity contribution in [2.75, 3.05) is 0 Å². The molecule has 1 atom stereocenters. The standard InChI is InChI=1S/C13H15F2N/c14-10-6-7-11(12(15)8-10)13(16)9-4-2-1-3-5-9/h4,6-8,13H,1-3,5,16H2. The second-order valence-corrected chi connectivity index (χ2v) is 4.17. The number of rotatable bonds is 2. The fourth-order valence-electron chi connectivity index (χ4n) is 2.10. The van der Waals surface area contributed by atoms with Crippen LogP contribution in [0.1, 0.15) is 37.3 Å². The van der Waals surface area contributed by atoms with Crippen LogP contribution in [0, 0.1) is 11.6 Å². The highest BCUT2D eigenvalue weighted by Crippen LogP contribution is 2.29. The highest BCUT2D eigenvalue weighted by Gasteiger charge is 2.17. The first-order chi connectivity index (χ1) is 7.68. The van der Waals surface area contributed by atoms with Crippen molar-refractivity contribution in [3.8, 4) is 0 Å². The third kappa shape index (κ3) is 2.30. The van der Waals surface area contributed by atoms with Crippen molar-refractivity contribution in [3.05, 3.63) is 47.0 Å². The van der Waals surface area contributed by atoms with Gasteiger partial charge in [0.1, 0.15) is 11.6 Å². The molecule has 0 saturated heterocycles. The topological polar surface area (TPSA) is 26.0 Å². The second kappa shape index (κ2) is 4.74. The van der Waals surface area contributed by atoms with Gasteiger partial charge in [-0.2, -0.15) is 0 Å². The summed E-state index contributed by atoms with van der Waals surface area (Å²) >= 11 is 0. The summed E-state index contributed by atoms with van der Waals surface area (Å²) in [5, 5.41) is 0. The minimum Gasteiger partial charge on any atom is -0.320 e. The van der Waals surface area contributed by atoms with E-state index in [2.05, 4.69) is 6.08 Å². The summed E-state index contributed by atoms with van der Waals surface area (Å²) in [4.78, 5) is 0. The molecule has 2 N–H and O–H groups in total. The second-order valence-electron chi connectivity index (χ2n) is 4.17. The molecule has 0 aliphatic heterocycles. The Kier molecular flexibility index (Phi) is 3.34. The summed E-state index contributed by atoms with van der Waals surface area (Å²) in [5.74, 6) is -1.12. The number of nitrogens with two attached hydrogens (primary N) is 1. The average Bonchev–Trinajstić information content (AvgIpc) is 2.29. The van der Waals surface area contributed by atoms with Gasteiger partial charge in [0.15, 0.2) is 0 Å². The van der Waals surface area contributed by atoms with Gasteiger partial charge in [0.05, 0.1) is 6.04 Å². The van der Waals surface area contributed by atoms with E-state index in [1.165, 1.54) is 18.6 Å². The lowest BCUT2D eigenvalue weighted by atomic mass is 9.90. The van der Waals surface area contributed by atoms with Crippen molar-refractivity contribution in [2.45, 2.75) is 31.7 Å². The SMILES string of the molecule is NC(C1=CCCCC1)c1ccc(F)cc1F. The molecule has 3 heteroatoms. The molecular weight excluding hydrogens is 208 g/mol. The van der Waals surface area contributed by atoms with Gasteiger partial charge < -0.3 is 5.73 Å². The van der Waals surface area contributed by atoms with Gasteiger partial charge in [0.2, 0.25) is 0 Å². The van der Waals surface area contributed by atoms with E-state index in [1.807, 2.05) is 0 Å². The lowest BCUT2D eigenvalue weighted by Gasteiger charge is -2.20. The monoisotopic (exact) mass is 223 g/mol. The smallest absolute Gasteiger partial charge is 0.131 e. The van der Waals surface area contributed by atoms with Crippen molar-refractivity contribution >= 4 is 0 Å². The van der Waals surface area contributed by atoms with Crippen LogP contribution in [0.5, 0.6) is 0 Å². The number of hydrogen-bond acceptors (Lipinski definition) is 1. The lowest BCUT2D eigenvalue weighted by Crippen LogP contribution is -2.16. The van der Waals surface area contributed by atoms with E-state index in [1.54, 1.807) is 0 Å². The summed E-state index contributed by atoms with van der Waals surface area (Å²) < 4.78 is 26.3. The van der Waals surface area contributed by atoms with Crippen LogP contribution in [0.15, 0.2) is 29.8 Å². The summed E-state index contributed by atoms with van der Waals surface area (Å²) in [6, 6.07) is 3.14. The molecule has 1 unspecified atom stereocenters. The number of hydrogen-bond donors (Lipinski definition) is 1. The third-order valence-electron chi connectivity index (χ3n) is 3.02. The van der Waals surface area contributed by atoms with E-state index < -0.39 is 17.7 Å². The van der Waals surface area contributed by atoms with E-state index in [0.29, 0.717) is 5.56 Å². The number of allylic oxidation sites excluding steroid dienone is 1. The van der Waals surface area contributed by atoms with Gasteiger partial charge in [0.25, 0.3) is 0 Å². The molecule has 1 aliphatic carbocycles. The van der Waals surface area contributed by atoms with E-state index in [0.717, 1.165) is 30.9 Å². The van der Waals surface area contributed by atoms with Crippen LogP contribution < -0.4 is 5.73 Å². The summed E-state index contributed by atoms with van der Waals surface area (Å²) in [6.07, 6.45) is 6.27. The minimum absolute atomic E-state index is 0.384. The normalized spacial score (nSPS) is 18.1. The van der Waals surface area contributed by atoms with E-state index >= 15 is 0 Å². The molecule has 0 bridgehead atoms. The van der Waals surface area contributed by atoms with Crippen LogP contribution in [0.3, 0.4) is 0 Å². The predicted octanol–water partition coefficient (Wildman–Crippen LogP) is 3.47. The first kappa shape index (κ1) is 11.3. The molecule has 0 saturated carbocycles. The Balaban J connectivity index is 2.26. The van der Waals surface area contributed by atoms with E-state index in [4.69, 9.17) is 5.73 Å². The highest BCUT2D eigenvalue weighted by atomic mass is 19.1. The highest BCUT2D eigenvalue weighted by molar-refractivity contribution is 5.30. The van der Waals surface area contributed by atoms with Crippen LogP contribution >= 0.6 is 0 Å². The molecule has 16 heavy (non-hydrogen) atoms. The Morgan fingerprint density at radius 2 is 2.00 bits per heavy atom. The summed E-state index contributed by atoms with van der Waals surface area (Å²) in [6.45, 7) is 0. The fourth-order valence-corrected chi connectivity index (χ4v) is 2.10. The molecule has 0 spiro atoms. The Labute approximate surface area is 94.0 Å². The molecule has 0 radical (unpaired) electrons. The molecule has 1 aliphatic rings. The predicted molar refractivity (Wildman–Crippen MR) is 59.8 cm³/mol. The minimum atomic E-state index is -0.564. The Hall–Kier alpha value is -1.22. The third-order valence-corrected chi connectivity index (χ3v) is 3.02. The zero-order chi connectivity index (χ0) is 11.5. The van der Waals surface area contributed by atoms with Gasteiger partial charge in [-0.3, -0.25) is 0 Å². The van der Waals surface area contributed by atoms with Crippen molar-refractivity contribution in [2.24, 2.45) is 5.73 Å². The van der Waals surface area contributed by atoms with Crippen molar-refractivity contribution in [3.63, 3.8) is 0 Å². The molecule has 86 valence electrons. The molecule has 1 nitrogen and oxygen atoms in total. The first-order valence-corrected chi connectivity index (χ1v) is 5.58.